The largest absolute Gasteiger partial charge is 0.443 e. The van der Waals surface area contributed by atoms with E-state index in [0.717, 1.165) is 16.3 Å². The topological polar surface area (TPSA) is 76.4 Å². The van der Waals surface area contributed by atoms with E-state index in [1.165, 1.54) is 5.56 Å². The lowest BCUT2D eigenvalue weighted by molar-refractivity contribution is 0.574. The Bertz CT molecular complexity index is 766. The van der Waals surface area contributed by atoms with Crippen LogP contribution in [-0.4, -0.2) is 10.9 Å². The van der Waals surface area contributed by atoms with E-state index in [0.29, 0.717) is 18.4 Å². The summed E-state index contributed by atoms with van der Waals surface area (Å²) in [6, 6.07) is 11.9. The van der Waals surface area contributed by atoms with Crippen LogP contribution >= 0.6 is 35.3 Å². The number of nitrogens with two attached hydrogens (primary N) is 1. The van der Waals surface area contributed by atoms with E-state index in [1.54, 1.807) is 17.6 Å². The maximum atomic E-state index is 5.88. The van der Waals surface area contributed by atoms with Gasteiger partial charge in [0, 0.05) is 5.69 Å². The molecule has 5 nitrogen and oxygen atoms in total. The fourth-order valence-electron chi connectivity index (χ4n) is 1.88. The first-order valence-electron chi connectivity index (χ1n) is 6.82. The fraction of sp³-hybridized carbons (Fsp3) is 0.125. The minimum atomic E-state index is 0. The highest BCUT2D eigenvalue weighted by Crippen LogP contribution is 2.23. The van der Waals surface area contributed by atoms with Crippen molar-refractivity contribution in [1.29, 1.82) is 0 Å². The molecule has 2 heterocycles. The predicted octanol–water partition coefficient (Wildman–Crippen LogP) is 4.26. The zero-order valence-corrected chi connectivity index (χ0v) is 15.7. The maximum absolute atomic E-state index is 5.88. The summed E-state index contributed by atoms with van der Waals surface area (Å²) in [6.07, 6.45) is 1.61. The molecule has 0 aliphatic carbocycles. The third-order valence-corrected chi connectivity index (χ3v) is 3.88. The van der Waals surface area contributed by atoms with E-state index in [-0.39, 0.29) is 24.0 Å². The minimum Gasteiger partial charge on any atom is -0.443 e. The summed E-state index contributed by atoms with van der Waals surface area (Å²) in [5, 5.41) is 5.03. The zero-order valence-electron chi connectivity index (χ0n) is 12.5. The Labute approximate surface area is 155 Å². The number of guanidine groups is 1. The smallest absolute Gasteiger partial charge is 0.236 e. The lowest BCUT2D eigenvalue weighted by Gasteiger charge is -2.05. The zero-order chi connectivity index (χ0) is 15.4. The molecule has 3 rings (SSSR count). The molecule has 0 aliphatic rings. The second-order valence-corrected chi connectivity index (χ2v) is 5.76. The molecule has 0 fully saturated rings. The lowest BCUT2D eigenvalue weighted by atomic mass is 10.2. The molecule has 0 aliphatic heterocycles. The number of aromatic nitrogens is 1. The Morgan fingerprint density at radius 3 is 2.78 bits per heavy atom. The molecule has 23 heavy (non-hydrogen) atoms. The Hall–Kier alpha value is -1.87. The summed E-state index contributed by atoms with van der Waals surface area (Å²) in [5.41, 5.74) is 8.73. The van der Waals surface area contributed by atoms with Gasteiger partial charge in [-0.2, -0.15) is 0 Å². The number of anilines is 1. The highest BCUT2D eigenvalue weighted by Gasteiger charge is 2.07. The molecule has 120 valence electrons. The summed E-state index contributed by atoms with van der Waals surface area (Å²) in [4.78, 5) is 9.67. The standard InChI is InChI=1S/C16H16N4OS.HI/c1-11-4-6-12(7-5-11)20-16(17)18-9-13-10-21-15(19-13)14-3-2-8-22-14;/h2-8,10H,9H2,1H3,(H3,17,18,20);1H. The van der Waals surface area contributed by atoms with Crippen molar-refractivity contribution in [3.63, 3.8) is 0 Å². The molecule has 0 spiro atoms. The van der Waals surface area contributed by atoms with Crippen LogP contribution in [0.2, 0.25) is 0 Å². The van der Waals surface area contributed by atoms with Crippen molar-refractivity contribution in [2.75, 3.05) is 5.32 Å². The molecule has 2 aromatic heterocycles. The van der Waals surface area contributed by atoms with Gasteiger partial charge in [-0.3, -0.25) is 0 Å². The first kappa shape index (κ1) is 17.5. The normalized spacial score (nSPS) is 11.1. The van der Waals surface area contributed by atoms with Gasteiger partial charge in [-0.15, -0.1) is 35.3 Å². The monoisotopic (exact) mass is 440 g/mol. The number of hydrogen-bond acceptors (Lipinski definition) is 4. The molecule has 3 aromatic rings. The second kappa shape index (κ2) is 8.11. The third kappa shape index (κ3) is 4.80. The Balaban J connectivity index is 0.00000192. The van der Waals surface area contributed by atoms with Gasteiger partial charge in [-0.1, -0.05) is 23.8 Å². The van der Waals surface area contributed by atoms with E-state index >= 15 is 0 Å². The van der Waals surface area contributed by atoms with Crippen molar-refractivity contribution >= 4 is 47.0 Å². The molecule has 0 amide bonds. The Morgan fingerprint density at radius 2 is 2.09 bits per heavy atom. The lowest BCUT2D eigenvalue weighted by Crippen LogP contribution is -2.22. The average Bonchev–Trinajstić information content (AvgIpc) is 3.18. The van der Waals surface area contributed by atoms with E-state index in [1.807, 2.05) is 48.7 Å². The number of rotatable bonds is 4. The van der Waals surface area contributed by atoms with Crippen LogP contribution in [0, 0.1) is 6.92 Å². The van der Waals surface area contributed by atoms with Crippen molar-refractivity contribution in [2.45, 2.75) is 13.5 Å². The number of hydrogen-bond donors (Lipinski definition) is 2. The Kier molecular flexibility index (Phi) is 6.17. The van der Waals surface area contributed by atoms with Gasteiger partial charge in [0.25, 0.3) is 0 Å². The number of nitrogens with one attached hydrogen (secondary N) is 1. The summed E-state index contributed by atoms with van der Waals surface area (Å²) in [5.74, 6) is 0.967. The van der Waals surface area contributed by atoms with Crippen molar-refractivity contribution in [2.24, 2.45) is 10.7 Å². The first-order valence-corrected chi connectivity index (χ1v) is 7.70. The molecule has 0 saturated carbocycles. The van der Waals surface area contributed by atoms with Crippen molar-refractivity contribution < 1.29 is 4.42 Å². The number of nitrogens with zero attached hydrogens (tertiary/aromatic N) is 2. The van der Waals surface area contributed by atoms with Gasteiger partial charge in [0.2, 0.25) is 5.89 Å². The van der Waals surface area contributed by atoms with Gasteiger partial charge in [0.15, 0.2) is 5.96 Å². The average molecular weight is 440 g/mol. The number of aryl methyl sites for hydroxylation is 1. The minimum absolute atomic E-state index is 0. The predicted molar refractivity (Wildman–Crippen MR) is 105 cm³/mol. The number of benzene rings is 1. The molecule has 1 aromatic carbocycles. The van der Waals surface area contributed by atoms with Gasteiger partial charge >= 0.3 is 0 Å². The number of thiophene rings is 1. The van der Waals surface area contributed by atoms with Gasteiger partial charge < -0.3 is 15.5 Å². The van der Waals surface area contributed by atoms with Gasteiger partial charge in [0.05, 0.1) is 11.4 Å². The fourth-order valence-corrected chi connectivity index (χ4v) is 2.54. The Morgan fingerprint density at radius 1 is 1.30 bits per heavy atom. The van der Waals surface area contributed by atoms with Gasteiger partial charge in [0.1, 0.15) is 12.0 Å². The SMILES string of the molecule is Cc1ccc(NC(N)=NCc2coc(-c3cccs3)n2)cc1.I. The molecule has 0 atom stereocenters. The van der Waals surface area contributed by atoms with Crippen molar-refractivity contribution in [3.8, 4) is 10.8 Å². The molecule has 0 unspecified atom stereocenters. The third-order valence-electron chi connectivity index (χ3n) is 3.02. The molecule has 0 saturated heterocycles. The highest BCUT2D eigenvalue weighted by atomic mass is 127. The molecular formula is C16H17IN4OS. The molecule has 7 heteroatoms. The van der Waals surface area contributed by atoms with Crippen molar-refractivity contribution in [1.82, 2.24) is 4.98 Å². The van der Waals surface area contributed by atoms with Crippen LogP contribution in [0.3, 0.4) is 0 Å². The summed E-state index contributed by atoms with van der Waals surface area (Å²) >= 11 is 1.59. The maximum Gasteiger partial charge on any atom is 0.236 e. The van der Waals surface area contributed by atoms with Crippen LogP contribution in [0.15, 0.2) is 57.5 Å². The number of oxazole rings is 1. The van der Waals surface area contributed by atoms with E-state index < -0.39 is 0 Å². The first-order chi connectivity index (χ1) is 10.7. The molecule has 3 N–H and O–H groups in total. The number of halogens is 1. The van der Waals surface area contributed by atoms with Crippen LogP contribution in [0.5, 0.6) is 0 Å². The quantitative estimate of drug-likeness (QED) is 0.361. The van der Waals surface area contributed by atoms with Crippen LogP contribution in [-0.2, 0) is 6.54 Å². The van der Waals surface area contributed by atoms with Gasteiger partial charge in [-0.25, -0.2) is 9.98 Å². The molecule has 0 radical (unpaired) electrons. The van der Waals surface area contributed by atoms with Crippen LogP contribution in [0.1, 0.15) is 11.3 Å². The second-order valence-electron chi connectivity index (χ2n) is 4.81. The van der Waals surface area contributed by atoms with Gasteiger partial charge in [-0.05, 0) is 30.5 Å². The highest BCUT2D eigenvalue weighted by molar-refractivity contribution is 14.0. The van der Waals surface area contributed by atoms with Crippen LogP contribution in [0.4, 0.5) is 5.69 Å². The van der Waals surface area contributed by atoms with Crippen molar-refractivity contribution in [3.05, 3.63) is 59.3 Å². The van der Waals surface area contributed by atoms with E-state index in [9.17, 15) is 0 Å². The summed E-state index contributed by atoms with van der Waals surface area (Å²) < 4.78 is 5.44. The van der Waals surface area contributed by atoms with E-state index in [2.05, 4.69) is 15.3 Å². The molecule has 0 bridgehead atoms. The summed E-state index contributed by atoms with van der Waals surface area (Å²) in [7, 11) is 0. The van der Waals surface area contributed by atoms with Crippen LogP contribution < -0.4 is 11.1 Å². The van der Waals surface area contributed by atoms with Crippen LogP contribution in [0.25, 0.3) is 10.8 Å². The molecular weight excluding hydrogens is 423 g/mol. The number of aliphatic imine (C=N–C) groups is 1. The summed E-state index contributed by atoms with van der Waals surface area (Å²) in [6.45, 7) is 2.41. The van der Waals surface area contributed by atoms with E-state index in [4.69, 9.17) is 10.2 Å².